The molecule has 8 nitrogen and oxygen atoms in total. The molecule has 1 heterocycles. The highest BCUT2D eigenvalue weighted by Crippen LogP contribution is 2.30. The van der Waals surface area contributed by atoms with E-state index in [2.05, 4.69) is 14.7 Å². The molecule has 0 aliphatic heterocycles. The Kier molecular flexibility index (Phi) is 3.58. The second-order valence-electron chi connectivity index (χ2n) is 2.20. The lowest BCUT2D eigenvalue weighted by Crippen LogP contribution is -2.27. The molecule has 0 aromatic carbocycles. The molecule has 1 unspecified atom stereocenters. The average Bonchev–Trinajstić information content (AvgIpc) is 1.99. The van der Waals surface area contributed by atoms with Crippen molar-refractivity contribution in [1.29, 1.82) is 0 Å². The van der Waals surface area contributed by atoms with Crippen LogP contribution in [-0.2, 0) is 0 Å². The molecular formula is C5H4Cl2N4O4. The number of aliphatic hydroxyl groups excluding tert-OH is 1. The van der Waals surface area contributed by atoms with Gasteiger partial charge in [0, 0.05) is 0 Å². The second kappa shape index (κ2) is 4.53. The fourth-order valence-electron chi connectivity index (χ4n) is 0.695. The van der Waals surface area contributed by atoms with Crippen LogP contribution in [-0.4, -0.2) is 26.4 Å². The number of aromatic nitrogens is 2. The van der Waals surface area contributed by atoms with Crippen molar-refractivity contribution in [2.45, 2.75) is 6.41 Å². The van der Waals surface area contributed by atoms with E-state index < -0.39 is 33.3 Å². The molecule has 0 aliphatic rings. The summed E-state index contributed by atoms with van der Waals surface area (Å²) in [6, 6.07) is -0.453. The smallest absolute Gasteiger partial charge is 0.343 e. The highest BCUT2D eigenvalue weighted by atomic mass is 35.5. The van der Waals surface area contributed by atoms with Gasteiger partial charge in [-0.1, -0.05) is 23.2 Å². The van der Waals surface area contributed by atoms with Crippen molar-refractivity contribution in [3.63, 3.8) is 0 Å². The van der Waals surface area contributed by atoms with E-state index in [0.717, 1.165) is 0 Å². The normalized spacial score (nSPS) is 12.3. The highest BCUT2D eigenvalue weighted by molar-refractivity contribution is 6.36. The SMILES string of the molecule is NC(O)Oc1nc(Cl)c([N+](=O)[O-])c(Cl)n1. The van der Waals surface area contributed by atoms with E-state index in [0.29, 0.717) is 0 Å². The summed E-state index contributed by atoms with van der Waals surface area (Å²) < 4.78 is 4.43. The Morgan fingerprint density at radius 1 is 1.47 bits per heavy atom. The topological polar surface area (TPSA) is 124 Å². The van der Waals surface area contributed by atoms with Crippen LogP contribution in [0.15, 0.2) is 0 Å². The molecule has 0 saturated heterocycles. The van der Waals surface area contributed by atoms with Gasteiger partial charge in [-0.25, -0.2) is 0 Å². The predicted octanol–water partition coefficient (Wildman–Crippen LogP) is 0.305. The number of ether oxygens (including phenoxy) is 1. The minimum absolute atomic E-state index is 0.453. The molecule has 1 aromatic heterocycles. The van der Waals surface area contributed by atoms with Gasteiger partial charge in [0.2, 0.25) is 10.3 Å². The van der Waals surface area contributed by atoms with Gasteiger partial charge in [-0.05, 0) is 0 Å². The Morgan fingerprint density at radius 3 is 2.27 bits per heavy atom. The standard InChI is InChI=1S/C5H4Cl2N4O4/c6-2-1(11(13)14)3(7)10-5(9-2)15-4(8)12/h4,12H,8H2. The van der Waals surface area contributed by atoms with E-state index in [1.807, 2.05) is 0 Å². The number of rotatable bonds is 3. The Balaban J connectivity index is 3.14. The van der Waals surface area contributed by atoms with Gasteiger partial charge in [-0.2, -0.15) is 9.97 Å². The monoisotopic (exact) mass is 254 g/mol. The first-order valence-electron chi connectivity index (χ1n) is 3.39. The first-order valence-corrected chi connectivity index (χ1v) is 4.15. The van der Waals surface area contributed by atoms with E-state index in [-0.39, 0.29) is 0 Å². The van der Waals surface area contributed by atoms with E-state index in [9.17, 15) is 10.1 Å². The molecule has 0 aliphatic carbocycles. The van der Waals surface area contributed by atoms with Crippen molar-refractivity contribution in [3.05, 3.63) is 20.4 Å². The third-order valence-electron chi connectivity index (χ3n) is 1.19. The summed E-state index contributed by atoms with van der Waals surface area (Å²) in [5.74, 6) is 0. The molecule has 0 bridgehead atoms. The van der Waals surface area contributed by atoms with Crippen LogP contribution in [0.2, 0.25) is 10.3 Å². The van der Waals surface area contributed by atoms with Gasteiger partial charge in [0.05, 0.1) is 4.92 Å². The Morgan fingerprint density at radius 2 is 1.93 bits per heavy atom. The lowest BCUT2D eigenvalue weighted by molar-refractivity contribution is -0.385. The van der Waals surface area contributed by atoms with Crippen LogP contribution in [0.3, 0.4) is 0 Å². The Bertz CT molecular complexity index is 376. The third-order valence-corrected chi connectivity index (χ3v) is 1.71. The van der Waals surface area contributed by atoms with Crippen molar-refractivity contribution >= 4 is 28.9 Å². The van der Waals surface area contributed by atoms with Crippen LogP contribution in [0, 0.1) is 10.1 Å². The van der Waals surface area contributed by atoms with Crippen LogP contribution >= 0.6 is 23.2 Å². The molecule has 1 rings (SSSR count). The van der Waals surface area contributed by atoms with Crippen LogP contribution < -0.4 is 10.5 Å². The molecule has 1 atom stereocenters. The number of aliphatic hydroxyl groups is 1. The molecule has 82 valence electrons. The molecule has 0 saturated carbocycles. The van der Waals surface area contributed by atoms with Gasteiger partial charge < -0.3 is 9.84 Å². The van der Waals surface area contributed by atoms with Crippen LogP contribution in [0.25, 0.3) is 0 Å². The molecular weight excluding hydrogens is 251 g/mol. The van der Waals surface area contributed by atoms with Gasteiger partial charge >= 0.3 is 11.7 Å². The van der Waals surface area contributed by atoms with E-state index in [1.54, 1.807) is 0 Å². The summed E-state index contributed by atoms with van der Waals surface area (Å²) >= 11 is 10.9. The fourth-order valence-corrected chi connectivity index (χ4v) is 1.21. The number of nitrogens with two attached hydrogens (primary N) is 1. The quantitative estimate of drug-likeness (QED) is 0.344. The fraction of sp³-hybridized carbons (Fsp3) is 0.200. The maximum absolute atomic E-state index is 10.4. The largest absolute Gasteiger partial charge is 0.420 e. The third kappa shape index (κ3) is 2.86. The molecule has 1 aromatic rings. The van der Waals surface area contributed by atoms with Crippen LogP contribution in [0.4, 0.5) is 5.69 Å². The summed E-state index contributed by atoms with van der Waals surface area (Å²) in [7, 11) is 0. The zero-order valence-corrected chi connectivity index (χ0v) is 8.44. The average molecular weight is 255 g/mol. The van der Waals surface area contributed by atoms with Gasteiger partial charge in [-0.15, -0.1) is 0 Å². The van der Waals surface area contributed by atoms with Gasteiger partial charge in [-0.3, -0.25) is 15.8 Å². The molecule has 15 heavy (non-hydrogen) atoms. The van der Waals surface area contributed by atoms with Crippen LogP contribution in [0.5, 0.6) is 6.01 Å². The van der Waals surface area contributed by atoms with Crippen molar-refractivity contribution in [1.82, 2.24) is 9.97 Å². The molecule has 0 spiro atoms. The minimum atomic E-state index is -1.67. The summed E-state index contributed by atoms with van der Waals surface area (Å²) in [6.45, 7) is 0. The molecule has 0 radical (unpaired) electrons. The zero-order valence-electron chi connectivity index (χ0n) is 6.92. The lowest BCUT2D eigenvalue weighted by Gasteiger charge is -2.06. The van der Waals surface area contributed by atoms with Crippen molar-refractivity contribution in [3.8, 4) is 6.01 Å². The van der Waals surface area contributed by atoms with Crippen LogP contribution in [0.1, 0.15) is 0 Å². The molecule has 0 amide bonds. The maximum Gasteiger partial charge on any atom is 0.343 e. The summed E-state index contributed by atoms with van der Waals surface area (Å²) in [5.41, 5.74) is 4.21. The first kappa shape index (κ1) is 11.9. The number of nitrogens with zero attached hydrogens (tertiary/aromatic N) is 3. The lowest BCUT2D eigenvalue weighted by atomic mass is 10.5. The summed E-state index contributed by atoms with van der Waals surface area (Å²) in [6.07, 6.45) is -1.67. The maximum atomic E-state index is 10.4. The second-order valence-corrected chi connectivity index (χ2v) is 2.92. The molecule has 3 N–H and O–H groups in total. The Hall–Kier alpha value is -1.22. The number of nitro groups is 1. The predicted molar refractivity (Wildman–Crippen MR) is 49.5 cm³/mol. The number of hydrogen-bond donors (Lipinski definition) is 2. The van der Waals surface area contributed by atoms with Gasteiger partial charge in [0.15, 0.2) is 0 Å². The van der Waals surface area contributed by atoms with E-state index in [4.69, 9.17) is 34.0 Å². The van der Waals surface area contributed by atoms with Crippen molar-refractivity contribution in [2.24, 2.45) is 5.73 Å². The molecule has 10 heteroatoms. The van der Waals surface area contributed by atoms with E-state index >= 15 is 0 Å². The van der Waals surface area contributed by atoms with E-state index in [1.165, 1.54) is 0 Å². The van der Waals surface area contributed by atoms with Crippen molar-refractivity contribution in [2.75, 3.05) is 0 Å². The first-order chi connectivity index (χ1) is 6.91. The number of hydrogen-bond acceptors (Lipinski definition) is 7. The zero-order chi connectivity index (χ0) is 11.6. The molecule has 0 fully saturated rings. The summed E-state index contributed by atoms with van der Waals surface area (Å²) in [4.78, 5) is 16.3. The minimum Gasteiger partial charge on any atom is -0.420 e. The van der Waals surface area contributed by atoms with Crippen molar-refractivity contribution < 1.29 is 14.8 Å². The summed E-state index contributed by atoms with van der Waals surface area (Å²) in [5, 5.41) is 18.0. The number of halogens is 2. The van der Waals surface area contributed by atoms with Gasteiger partial charge in [0.25, 0.3) is 6.41 Å². The Labute approximate surface area is 92.7 Å². The highest BCUT2D eigenvalue weighted by Gasteiger charge is 2.23. The van der Waals surface area contributed by atoms with Gasteiger partial charge in [0.1, 0.15) is 0 Å².